The minimum Gasteiger partial charge on any atom is -0.466 e. The Hall–Kier alpha value is -1.32. The van der Waals surface area contributed by atoms with E-state index in [0.29, 0.717) is 19.4 Å². The monoisotopic (exact) mass is 301 g/mol. The van der Waals surface area contributed by atoms with Gasteiger partial charge in [0.15, 0.2) is 0 Å². The number of pyridine rings is 1. The Balaban J connectivity index is 0.00000162. The molecule has 5 heteroatoms. The molecule has 0 aliphatic heterocycles. The van der Waals surface area contributed by atoms with Crippen LogP contribution in [0.25, 0.3) is 10.9 Å². The molecule has 2 aromatic rings. The van der Waals surface area contributed by atoms with E-state index in [0.717, 1.165) is 16.5 Å². The number of benzene rings is 1. The normalized spacial score (nSPS) is 9.32. The van der Waals surface area contributed by atoms with Gasteiger partial charge in [0.2, 0.25) is 0 Å². The van der Waals surface area contributed by atoms with Crippen LogP contribution >= 0.6 is 24.8 Å². The van der Waals surface area contributed by atoms with E-state index >= 15 is 0 Å². The Kier molecular flexibility index (Phi) is 8.12. The SMILES string of the molecule is CCOC(=O)CCc1cnc2ccccc2c1.Cl.Cl. The summed E-state index contributed by atoms with van der Waals surface area (Å²) in [6.45, 7) is 2.25. The van der Waals surface area contributed by atoms with Gasteiger partial charge in [-0.2, -0.15) is 0 Å². The number of aryl methyl sites for hydroxylation is 1. The lowest BCUT2D eigenvalue weighted by Gasteiger charge is -2.03. The Morgan fingerprint density at radius 2 is 2.00 bits per heavy atom. The predicted octanol–water partition coefficient (Wildman–Crippen LogP) is 3.57. The van der Waals surface area contributed by atoms with E-state index in [4.69, 9.17) is 4.74 Å². The molecule has 0 aliphatic carbocycles. The third kappa shape index (κ3) is 5.05. The number of halogens is 2. The van der Waals surface area contributed by atoms with Crippen LogP contribution in [0.3, 0.4) is 0 Å². The lowest BCUT2D eigenvalue weighted by molar-refractivity contribution is -0.143. The van der Waals surface area contributed by atoms with Gasteiger partial charge in [-0.15, -0.1) is 24.8 Å². The second-order valence-electron chi connectivity index (χ2n) is 3.84. The average molecular weight is 302 g/mol. The lowest BCUT2D eigenvalue weighted by Crippen LogP contribution is -2.05. The van der Waals surface area contributed by atoms with E-state index in [1.54, 1.807) is 0 Å². The first-order chi connectivity index (χ1) is 8.29. The molecule has 0 amide bonds. The number of nitrogens with zero attached hydrogens (tertiary/aromatic N) is 1. The molecule has 19 heavy (non-hydrogen) atoms. The van der Waals surface area contributed by atoms with Gasteiger partial charge in [0.05, 0.1) is 12.1 Å². The molecular formula is C14H17Cl2NO2. The highest BCUT2D eigenvalue weighted by Gasteiger charge is 2.03. The molecule has 0 radical (unpaired) electrons. The Labute approximate surface area is 125 Å². The largest absolute Gasteiger partial charge is 0.466 e. The molecule has 3 nitrogen and oxygen atoms in total. The molecule has 0 unspecified atom stereocenters. The van der Waals surface area contributed by atoms with Gasteiger partial charge in [-0.25, -0.2) is 0 Å². The minimum absolute atomic E-state index is 0. The molecule has 0 spiro atoms. The maximum Gasteiger partial charge on any atom is 0.306 e. The van der Waals surface area contributed by atoms with Crippen LogP contribution in [-0.4, -0.2) is 17.6 Å². The molecule has 104 valence electrons. The molecule has 0 fully saturated rings. The fourth-order valence-corrected chi connectivity index (χ4v) is 1.73. The molecule has 0 bridgehead atoms. The Morgan fingerprint density at radius 1 is 1.26 bits per heavy atom. The molecule has 0 saturated carbocycles. The third-order valence-electron chi connectivity index (χ3n) is 2.57. The van der Waals surface area contributed by atoms with Crippen molar-refractivity contribution in [1.29, 1.82) is 0 Å². The highest BCUT2D eigenvalue weighted by molar-refractivity contribution is 5.85. The van der Waals surface area contributed by atoms with Gasteiger partial charge >= 0.3 is 5.97 Å². The summed E-state index contributed by atoms with van der Waals surface area (Å²) < 4.78 is 4.89. The Morgan fingerprint density at radius 3 is 2.74 bits per heavy atom. The number of esters is 1. The molecule has 0 saturated heterocycles. The summed E-state index contributed by atoms with van der Waals surface area (Å²) in [7, 11) is 0. The standard InChI is InChI=1S/C14H15NO2.2ClH/c1-2-17-14(16)8-7-11-9-12-5-3-4-6-13(12)15-10-11;;/h3-6,9-10H,2,7-8H2,1H3;2*1H. The molecule has 1 aromatic heterocycles. The second kappa shape index (κ2) is 8.73. The van der Waals surface area contributed by atoms with Crippen molar-refractivity contribution in [1.82, 2.24) is 4.98 Å². The number of hydrogen-bond acceptors (Lipinski definition) is 3. The van der Waals surface area contributed by atoms with Gasteiger partial charge in [0.25, 0.3) is 0 Å². The van der Waals surface area contributed by atoms with E-state index in [-0.39, 0.29) is 30.8 Å². The zero-order valence-corrected chi connectivity index (χ0v) is 12.3. The number of rotatable bonds is 4. The Bertz CT molecular complexity index is 532. The number of aromatic nitrogens is 1. The van der Waals surface area contributed by atoms with Crippen LogP contribution in [0.5, 0.6) is 0 Å². The first-order valence-electron chi connectivity index (χ1n) is 5.79. The van der Waals surface area contributed by atoms with Crippen LogP contribution in [0.15, 0.2) is 36.5 Å². The zero-order valence-electron chi connectivity index (χ0n) is 10.7. The van der Waals surface area contributed by atoms with Crippen LogP contribution in [0.2, 0.25) is 0 Å². The van der Waals surface area contributed by atoms with E-state index in [9.17, 15) is 4.79 Å². The minimum atomic E-state index is -0.152. The second-order valence-corrected chi connectivity index (χ2v) is 3.84. The van der Waals surface area contributed by atoms with Crippen LogP contribution < -0.4 is 0 Å². The van der Waals surface area contributed by atoms with Gasteiger partial charge in [0.1, 0.15) is 0 Å². The highest BCUT2D eigenvalue weighted by Crippen LogP contribution is 2.13. The van der Waals surface area contributed by atoms with E-state index < -0.39 is 0 Å². The third-order valence-corrected chi connectivity index (χ3v) is 2.57. The van der Waals surface area contributed by atoms with Crippen molar-refractivity contribution in [2.24, 2.45) is 0 Å². The van der Waals surface area contributed by atoms with Crippen molar-refractivity contribution in [3.05, 3.63) is 42.1 Å². The average Bonchev–Trinajstić information content (AvgIpc) is 2.36. The van der Waals surface area contributed by atoms with Crippen molar-refractivity contribution < 1.29 is 9.53 Å². The van der Waals surface area contributed by atoms with E-state index in [2.05, 4.69) is 11.1 Å². The van der Waals surface area contributed by atoms with Gasteiger partial charge in [-0.05, 0) is 31.0 Å². The van der Waals surface area contributed by atoms with Crippen LogP contribution in [0.1, 0.15) is 18.9 Å². The molecule has 0 atom stereocenters. The first kappa shape index (κ1) is 17.7. The number of ether oxygens (including phenoxy) is 1. The summed E-state index contributed by atoms with van der Waals surface area (Å²) in [5.41, 5.74) is 2.05. The fourth-order valence-electron chi connectivity index (χ4n) is 1.73. The quantitative estimate of drug-likeness (QED) is 0.810. The lowest BCUT2D eigenvalue weighted by atomic mass is 10.1. The molecule has 2 rings (SSSR count). The molecule has 1 heterocycles. The van der Waals surface area contributed by atoms with Crippen LogP contribution in [0, 0.1) is 0 Å². The molecular weight excluding hydrogens is 285 g/mol. The maximum absolute atomic E-state index is 11.2. The number of para-hydroxylation sites is 1. The first-order valence-corrected chi connectivity index (χ1v) is 5.79. The van der Waals surface area contributed by atoms with Gasteiger partial charge in [-0.1, -0.05) is 18.2 Å². The molecule has 0 N–H and O–H groups in total. The number of carbonyl (C=O) groups excluding carboxylic acids is 1. The molecule has 0 aliphatic rings. The number of hydrogen-bond donors (Lipinski definition) is 0. The molecule has 1 aromatic carbocycles. The summed E-state index contributed by atoms with van der Waals surface area (Å²) in [4.78, 5) is 15.6. The predicted molar refractivity (Wildman–Crippen MR) is 81.2 cm³/mol. The van der Waals surface area contributed by atoms with Crippen molar-refractivity contribution in [3.8, 4) is 0 Å². The summed E-state index contributed by atoms with van der Waals surface area (Å²) in [6.07, 6.45) is 2.91. The number of fused-ring (bicyclic) bond motifs is 1. The maximum atomic E-state index is 11.2. The summed E-state index contributed by atoms with van der Waals surface area (Å²) >= 11 is 0. The van der Waals surface area contributed by atoms with E-state index in [1.807, 2.05) is 37.4 Å². The van der Waals surface area contributed by atoms with Crippen molar-refractivity contribution in [3.63, 3.8) is 0 Å². The number of carbonyl (C=O) groups is 1. The zero-order chi connectivity index (χ0) is 12.1. The topological polar surface area (TPSA) is 39.2 Å². The van der Waals surface area contributed by atoms with Crippen LogP contribution in [0.4, 0.5) is 0 Å². The fraction of sp³-hybridized carbons (Fsp3) is 0.286. The van der Waals surface area contributed by atoms with Crippen molar-refractivity contribution >= 4 is 41.7 Å². The van der Waals surface area contributed by atoms with Crippen molar-refractivity contribution in [2.75, 3.05) is 6.61 Å². The van der Waals surface area contributed by atoms with Gasteiger partial charge in [0, 0.05) is 18.0 Å². The van der Waals surface area contributed by atoms with Crippen molar-refractivity contribution in [2.45, 2.75) is 19.8 Å². The van der Waals surface area contributed by atoms with Crippen LogP contribution in [-0.2, 0) is 16.0 Å². The van der Waals surface area contributed by atoms with Gasteiger partial charge in [-0.3, -0.25) is 9.78 Å². The summed E-state index contributed by atoms with van der Waals surface area (Å²) in [6, 6.07) is 10.0. The van der Waals surface area contributed by atoms with Gasteiger partial charge < -0.3 is 4.74 Å². The smallest absolute Gasteiger partial charge is 0.306 e. The summed E-state index contributed by atoms with van der Waals surface area (Å²) in [5.74, 6) is -0.152. The summed E-state index contributed by atoms with van der Waals surface area (Å²) in [5, 5.41) is 1.11. The van der Waals surface area contributed by atoms with E-state index in [1.165, 1.54) is 0 Å². The highest BCUT2D eigenvalue weighted by atomic mass is 35.5.